The molecule has 5 heterocycles. The first-order chi connectivity index (χ1) is 18.3. The first kappa shape index (κ1) is 24.5. The second kappa shape index (κ2) is 9.16. The number of amides is 2. The molecule has 2 amide bonds. The first-order valence-corrected chi connectivity index (χ1v) is 13.2. The summed E-state index contributed by atoms with van der Waals surface area (Å²) >= 11 is 0. The van der Waals surface area contributed by atoms with Gasteiger partial charge >= 0.3 is 6.09 Å². The molecule has 1 aromatic carbocycles. The molecular weight excluding hydrogens is 488 g/mol. The van der Waals surface area contributed by atoms with E-state index in [1.807, 2.05) is 40.8 Å². The average molecular weight is 521 g/mol. The van der Waals surface area contributed by atoms with E-state index in [2.05, 4.69) is 17.2 Å². The highest BCUT2D eigenvalue weighted by atomic mass is 16.5. The zero-order valence-corrected chi connectivity index (χ0v) is 21.6. The van der Waals surface area contributed by atoms with Gasteiger partial charge in [-0.2, -0.15) is 5.10 Å². The third-order valence-corrected chi connectivity index (χ3v) is 8.56. The van der Waals surface area contributed by atoms with Crippen molar-refractivity contribution in [2.45, 2.75) is 57.2 Å². The molecule has 0 unspecified atom stereocenters. The Kier molecular flexibility index (Phi) is 5.90. The van der Waals surface area contributed by atoms with Crippen LogP contribution in [0.2, 0.25) is 0 Å². The predicted octanol–water partition coefficient (Wildman–Crippen LogP) is 3.27. The smallest absolute Gasteiger partial charge is 0.407 e. The normalized spacial score (nSPS) is 22.3. The van der Waals surface area contributed by atoms with E-state index >= 15 is 0 Å². The van der Waals surface area contributed by atoms with E-state index in [1.54, 1.807) is 6.20 Å². The quantitative estimate of drug-likeness (QED) is 0.470. The van der Waals surface area contributed by atoms with Crippen molar-refractivity contribution >= 4 is 34.4 Å². The van der Waals surface area contributed by atoms with Crippen LogP contribution in [-0.2, 0) is 10.3 Å². The Morgan fingerprint density at radius 3 is 2.68 bits per heavy atom. The van der Waals surface area contributed by atoms with E-state index in [0.29, 0.717) is 61.4 Å². The number of rotatable bonds is 5. The Balaban J connectivity index is 1.31. The van der Waals surface area contributed by atoms with E-state index in [1.165, 1.54) is 4.90 Å². The Hall–Kier alpha value is -3.86. The highest BCUT2D eigenvalue weighted by molar-refractivity contribution is 5.97. The first-order valence-electron chi connectivity index (χ1n) is 13.2. The molecule has 2 aromatic heterocycles. The number of piperidine rings is 1. The van der Waals surface area contributed by atoms with Crippen LogP contribution in [0.15, 0.2) is 35.3 Å². The number of hydrogen-bond donors (Lipinski definition) is 3. The van der Waals surface area contributed by atoms with Gasteiger partial charge in [-0.05, 0) is 62.4 Å². The topological polar surface area (TPSA) is 133 Å². The van der Waals surface area contributed by atoms with Crippen LogP contribution in [0.5, 0.6) is 0 Å². The largest absolute Gasteiger partial charge is 0.465 e. The van der Waals surface area contributed by atoms with Crippen LogP contribution >= 0.6 is 0 Å². The molecular formula is C27H32N6O5. The lowest BCUT2D eigenvalue weighted by Crippen LogP contribution is -2.47. The van der Waals surface area contributed by atoms with E-state index in [4.69, 9.17) is 9.84 Å². The molecule has 0 radical (unpaired) electrons. The number of nitrogens with zero attached hydrogens (tertiary/aromatic N) is 4. The Morgan fingerprint density at radius 1 is 1.26 bits per heavy atom. The lowest BCUT2D eigenvalue weighted by molar-refractivity contribution is 0.0258. The number of benzene rings is 1. The summed E-state index contributed by atoms with van der Waals surface area (Å²) in [7, 11) is 0. The summed E-state index contributed by atoms with van der Waals surface area (Å²) in [6, 6.07) is 7.57. The number of H-pyrrole nitrogens is 1. The number of nitrogens with one attached hydrogen (secondary N) is 2. The van der Waals surface area contributed by atoms with Crippen molar-refractivity contribution in [3.05, 3.63) is 51.9 Å². The number of carboxylic acid groups (broad SMARTS) is 1. The average Bonchev–Trinajstić information content (AvgIpc) is 3.64. The van der Waals surface area contributed by atoms with E-state index in [9.17, 15) is 19.5 Å². The van der Waals surface area contributed by atoms with Gasteiger partial charge in [-0.25, -0.2) is 4.79 Å². The van der Waals surface area contributed by atoms with Gasteiger partial charge in [0.15, 0.2) is 5.82 Å². The fourth-order valence-corrected chi connectivity index (χ4v) is 6.28. The number of fused-ring (bicyclic) bond motifs is 3. The number of hydrogen-bond acceptors (Lipinski definition) is 6. The van der Waals surface area contributed by atoms with Crippen LogP contribution in [0.3, 0.4) is 0 Å². The van der Waals surface area contributed by atoms with E-state index in [0.717, 1.165) is 24.1 Å². The number of carbonyl (C=O) groups excluding carboxylic acids is 1. The maximum atomic E-state index is 13.2. The number of aromatic nitrogens is 3. The fourth-order valence-electron chi connectivity index (χ4n) is 6.28. The maximum Gasteiger partial charge on any atom is 0.407 e. The van der Waals surface area contributed by atoms with Gasteiger partial charge in [0.1, 0.15) is 5.39 Å². The van der Waals surface area contributed by atoms with Crippen LogP contribution < -0.4 is 10.9 Å². The molecule has 0 aliphatic carbocycles. The molecule has 3 saturated heterocycles. The van der Waals surface area contributed by atoms with Crippen molar-refractivity contribution in [3.8, 4) is 0 Å². The minimum Gasteiger partial charge on any atom is -0.465 e. The standard InChI is InChI=1S/C27H32N6O5/c1-3-27(7-10-31(11-8-27)26(36)37)33-21-6-9-28-24(34)22(21)23(30-33)29-17-4-5-20(16(2)12-17)25(35)32-14-19-13-18(32)15-38-19/h4-6,9,12,18-19H,3,7-8,10-11,13-15H2,1-2H3,(H,28,34)(H,29,30)(H,36,37)/t18-,19-/m0/s1. The number of ether oxygens (including phenoxy) is 1. The summed E-state index contributed by atoms with van der Waals surface area (Å²) in [5, 5.41) is 18.1. The minimum absolute atomic E-state index is 0.0219. The molecule has 0 saturated carbocycles. The van der Waals surface area contributed by atoms with Crippen molar-refractivity contribution in [2.75, 3.05) is 31.6 Å². The third-order valence-electron chi connectivity index (χ3n) is 8.56. The Bertz CT molecular complexity index is 1470. The number of carbonyl (C=O) groups is 2. The number of aromatic amines is 1. The summed E-state index contributed by atoms with van der Waals surface area (Å²) in [4.78, 5) is 43.7. The van der Waals surface area contributed by atoms with Crippen molar-refractivity contribution in [3.63, 3.8) is 0 Å². The number of pyridine rings is 1. The zero-order valence-electron chi connectivity index (χ0n) is 21.6. The van der Waals surface area contributed by atoms with Gasteiger partial charge in [0, 0.05) is 37.1 Å². The highest BCUT2D eigenvalue weighted by Crippen LogP contribution is 2.37. The van der Waals surface area contributed by atoms with E-state index < -0.39 is 11.6 Å². The Morgan fingerprint density at radius 2 is 2.05 bits per heavy atom. The molecule has 3 N–H and O–H groups in total. The molecule has 3 aliphatic rings. The maximum absolute atomic E-state index is 13.2. The molecule has 38 heavy (non-hydrogen) atoms. The van der Waals surface area contributed by atoms with Crippen LogP contribution in [-0.4, -0.2) is 80.1 Å². The van der Waals surface area contributed by atoms with Gasteiger partial charge < -0.3 is 29.9 Å². The van der Waals surface area contributed by atoms with Gasteiger partial charge in [-0.15, -0.1) is 0 Å². The molecule has 0 spiro atoms. The summed E-state index contributed by atoms with van der Waals surface area (Å²) in [5.41, 5.74) is 2.28. The fraction of sp³-hybridized carbons (Fsp3) is 0.481. The molecule has 2 atom stereocenters. The summed E-state index contributed by atoms with van der Waals surface area (Å²) in [5.74, 6) is 0.455. The molecule has 3 fully saturated rings. The van der Waals surface area contributed by atoms with Crippen molar-refractivity contribution in [2.24, 2.45) is 0 Å². The van der Waals surface area contributed by atoms with Crippen LogP contribution in [0.25, 0.3) is 10.9 Å². The summed E-state index contributed by atoms with van der Waals surface area (Å²) in [6.07, 6.45) is 3.72. The van der Waals surface area contributed by atoms with E-state index in [-0.39, 0.29) is 23.6 Å². The van der Waals surface area contributed by atoms with Gasteiger partial charge in [0.25, 0.3) is 11.5 Å². The van der Waals surface area contributed by atoms with Crippen LogP contribution in [0, 0.1) is 6.92 Å². The summed E-state index contributed by atoms with van der Waals surface area (Å²) in [6.45, 7) is 6.05. The number of anilines is 2. The SMILES string of the molecule is CCC1(n2nc(Nc3ccc(C(=O)N4C[C@@H]5C[C@H]4CO5)c(C)c3)c3c(=O)[nH]ccc32)CCN(C(=O)O)CC1. The van der Waals surface area contributed by atoms with Crippen molar-refractivity contribution in [1.29, 1.82) is 0 Å². The van der Waals surface area contributed by atoms with Crippen LogP contribution in [0.4, 0.5) is 16.3 Å². The molecule has 3 aliphatic heterocycles. The molecule has 11 heteroatoms. The molecule has 200 valence electrons. The van der Waals surface area contributed by atoms with Gasteiger partial charge in [-0.3, -0.25) is 14.3 Å². The second-order valence-electron chi connectivity index (χ2n) is 10.6. The second-order valence-corrected chi connectivity index (χ2v) is 10.6. The lowest BCUT2D eigenvalue weighted by atomic mass is 9.85. The Labute approximate surface area is 219 Å². The predicted molar refractivity (Wildman–Crippen MR) is 141 cm³/mol. The number of aryl methyl sites for hydroxylation is 1. The van der Waals surface area contributed by atoms with Gasteiger partial charge in [0.05, 0.1) is 29.8 Å². The van der Waals surface area contributed by atoms with Crippen molar-refractivity contribution < 1.29 is 19.4 Å². The minimum atomic E-state index is -0.915. The zero-order chi connectivity index (χ0) is 26.6. The summed E-state index contributed by atoms with van der Waals surface area (Å²) < 4.78 is 7.55. The molecule has 2 bridgehead atoms. The molecule has 11 nitrogen and oxygen atoms in total. The highest BCUT2D eigenvalue weighted by Gasteiger charge is 2.42. The molecule has 3 aromatic rings. The number of likely N-dealkylation sites (tertiary alicyclic amines) is 2. The van der Waals surface area contributed by atoms with Crippen LogP contribution in [0.1, 0.15) is 48.5 Å². The van der Waals surface area contributed by atoms with Gasteiger partial charge in [0.2, 0.25) is 0 Å². The van der Waals surface area contributed by atoms with Crippen molar-refractivity contribution in [1.82, 2.24) is 24.6 Å². The molecule has 6 rings (SSSR count). The lowest BCUT2D eigenvalue weighted by Gasteiger charge is -2.41. The third kappa shape index (κ3) is 3.92. The number of morpholine rings is 1. The monoisotopic (exact) mass is 520 g/mol. The van der Waals surface area contributed by atoms with Gasteiger partial charge in [-0.1, -0.05) is 6.92 Å².